The van der Waals surface area contributed by atoms with E-state index >= 15 is 0 Å². The highest BCUT2D eigenvalue weighted by atomic mass is 32.1. The third kappa shape index (κ3) is 6.76. The molecule has 7 heteroatoms. The second kappa shape index (κ2) is 12.3. The van der Waals surface area contributed by atoms with Crippen molar-refractivity contribution in [1.29, 1.82) is 0 Å². The number of hydrogen-bond acceptors (Lipinski definition) is 5. The van der Waals surface area contributed by atoms with Crippen LogP contribution in [0.5, 0.6) is 0 Å². The average molecular weight is 550 g/mol. The fourth-order valence-electron chi connectivity index (χ4n) is 6.56. The summed E-state index contributed by atoms with van der Waals surface area (Å²) in [5.74, 6) is 0.446. The molecule has 208 valence electrons. The molecule has 2 fully saturated rings. The van der Waals surface area contributed by atoms with Crippen LogP contribution >= 0.6 is 11.3 Å². The van der Waals surface area contributed by atoms with E-state index in [0.717, 1.165) is 62.6 Å². The van der Waals surface area contributed by atoms with E-state index in [9.17, 15) is 14.3 Å². The maximum atomic E-state index is 13.2. The van der Waals surface area contributed by atoms with Crippen molar-refractivity contribution in [3.8, 4) is 0 Å². The van der Waals surface area contributed by atoms with Gasteiger partial charge in [0.25, 0.3) is 0 Å². The number of halogens is 1. The molecule has 0 amide bonds. The van der Waals surface area contributed by atoms with Crippen molar-refractivity contribution in [2.24, 2.45) is 11.8 Å². The Morgan fingerprint density at radius 2 is 1.87 bits per heavy atom. The first-order valence-corrected chi connectivity index (χ1v) is 15.0. The molecule has 3 atom stereocenters. The number of hydrogen-bond donors (Lipinski definition) is 1. The van der Waals surface area contributed by atoms with Crippen LogP contribution in [0, 0.1) is 24.6 Å². The number of carboxylic acids is 1. The highest BCUT2D eigenvalue weighted by Gasteiger charge is 2.41. The van der Waals surface area contributed by atoms with Crippen LogP contribution in [0.25, 0.3) is 0 Å². The lowest BCUT2D eigenvalue weighted by atomic mass is 9.87. The van der Waals surface area contributed by atoms with Crippen molar-refractivity contribution < 1.29 is 14.3 Å². The first-order chi connectivity index (χ1) is 18.8. The minimum absolute atomic E-state index is 0.0718. The van der Waals surface area contributed by atoms with E-state index in [1.54, 1.807) is 11.3 Å². The molecule has 3 aromatic rings. The molecule has 2 aliphatic rings. The number of aryl methyl sites for hydroxylation is 1. The highest BCUT2D eigenvalue weighted by Crippen LogP contribution is 2.38. The molecule has 5 rings (SSSR count). The number of nitrogens with zero attached hydrogens (tertiary/aromatic N) is 3. The third-order valence-corrected chi connectivity index (χ3v) is 9.70. The Morgan fingerprint density at radius 3 is 2.54 bits per heavy atom. The number of likely N-dealkylation sites (tertiary alicyclic amines) is 2. The molecule has 1 N–H and O–H groups in total. The van der Waals surface area contributed by atoms with Crippen LogP contribution in [0.3, 0.4) is 0 Å². The van der Waals surface area contributed by atoms with Crippen molar-refractivity contribution >= 4 is 17.3 Å². The molecule has 0 radical (unpaired) electrons. The Labute approximate surface area is 235 Å². The average Bonchev–Trinajstić information content (AvgIpc) is 3.53. The molecule has 0 bridgehead atoms. The number of aliphatic carboxylic acids is 1. The van der Waals surface area contributed by atoms with Crippen LogP contribution in [-0.4, -0.2) is 64.6 Å². The molecule has 2 aliphatic heterocycles. The fraction of sp³-hybridized carbons (Fsp3) is 0.500. The summed E-state index contributed by atoms with van der Waals surface area (Å²) in [4.78, 5) is 23.0. The third-order valence-electron chi connectivity index (χ3n) is 8.54. The summed E-state index contributed by atoms with van der Waals surface area (Å²) in [6, 6.07) is 15.0. The monoisotopic (exact) mass is 549 g/mol. The number of benzene rings is 2. The van der Waals surface area contributed by atoms with Crippen LogP contribution in [0.15, 0.2) is 54.7 Å². The molecule has 0 saturated carbocycles. The van der Waals surface area contributed by atoms with Crippen LogP contribution < -0.4 is 0 Å². The van der Waals surface area contributed by atoms with Gasteiger partial charge in [-0.05, 0) is 73.9 Å². The van der Waals surface area contributed by atoms with Crippen molar-refractivity contribution in [3.05, 3.63) is 87.1 Å². The van der Waals surface area contributed by atoms with Gasteiger partial charge in [0, 0.05) is 43.0 Å². The molecule has 0 aliphatic carbocycles. The van der Waals surface area contributed by atoms with Crippen LogP contribution in [0.1, 0.15) is 65.1 Å². The lowest BCUT2D eigenvalue weighted by molar-refractivity contribution is -0.144. The molecule has 2 saturated heterocycles. The molecule has 0 spiro atoms. The predicted octanol–water partition coefficient (Wildman–Crippen LogP) is 6.19. The number of carbonyl (C=O) groups is 1. The van der Waals surface area contributed by atoms with Gasteiger partial charge < -0.3 is 10.0 Å². The zero-order valence-electron chi connectivity index (χ0n) is 23.2. The molecular weight excluding hydrogens is 509 g/mol. The number of aromatic nitrogens is 1. The number of piperidine rings is 1. The molecule has 3 heterocycles. The summed E-state index contributed by atoms with van der Waals surface area (Å²) < 4.78 is 13.2. The summed E-state index contributed by atoms with van der Waals surface area (Å²) >= 11 is 1.79. The minimum atomic E-state index is -0.710. The first-order valence-electron chi connectivity index (χ1n) is 14.2. The number of rotatable bonds is 9. The quantitative estimate of drug-likeness (QED) is 0.345. The Hall–Kier alpha value is -2.61. The fourth-order valence-corrected chi connectivity index (χ4v) is 7.69. The Morgan fingerprint density at radius 1 is 1.13 bits per heavy atom. The van der Waals surface area contributed by atoms with E-state index < -0.39 is 12.0 Å². The van der Waals surface area contributed by atoms with Gasteiger partial charge in [0.15, 0.2) is 0 Å². The molecule has 39 heavy (non-hydrogen) atoms. The van der Waals surface area contributed by atoms with E-state index in [4.69, 9.17) is 0 Å². The molecule has 0 unspecified atom stereocenters. The largest absolute Gasteiger partial charge is 0.480 e. The smallest absolute Gasteiger partial charge is 0.321 e. The Balaban J connectivity index is 1.22. The van der Waals surface area contributed by atoms with E-state index in [-0.39, 0.29) is 11.7 Å². The summed E-state index contributed by atoms with van der Waals surface area (Å²) in [5, 5.41) is 11.1. The van der Waals surface area contributed by atoms with Gasteiger partial charge in [-0.2, -0.15) is 0 Å². The minimum Gasteiger partial charge on any atom is -0.480 e. The maximum Gasteiger partial charge on any atom is 0.321 e. The van der Waals surface area contributed by atoms with Crippen LogP contribution in [0.2, 0.25) is 0 Å². The lowest BCUT2D eigenvalue weighted by Gasteiger charge is -2.34. The summed E-state index contributed by atoms with van der Waals surface area (Å²) in [6.45, 7) is 10.9. The predicted molar refractivity (Wildman–Crippen MR) is 155 cm³/mol. The normalized spacial score (nSPS) is 22.0. The number of carboxylic acid groups (broad SMARTS) is 1. The highest BCUT2D eigenvalue weighted by molar-refractivity contribution is 7.11. The van der Waals surface area contributed by atoms with Gasteiger partial charge in [0.2, 0.25) is 0 Å². The van der Waals surface area contributed by atoms with Gasteiger partial charge in [-0.15, -0.1) is 11.3 Å². The zero-order chi connectivity index (χ0) is 27.5. The van der Waals surface area contributed by atoms with Crippen molar-refractivity contribution in [2.75, 3.05) is 32.7 Å². The van der Waals surface area contributed by atoms with Gasteiger partial charge in [-0.3, -0.25) is 9.69 Å². The number of thiazole rings is 1. The molecular formula is C32H40FN3O2S. The Bertz CT molecular complexity index is 1250. The van der Waals surface area contributed by atoms with Crippen molar-refractivity contribution in [2.45, 2.75) is 57.9 Å². The second-order valence-corrected chi connectivity index (χ2v) is 12.9. The first kappa shape index (κ1) is 27.9. The molecule has 5 nitrogen and oxygen atoms in total. The maximum absolute atomic E-state index is 13.2. The van der Waals surface area contributed by atoms with Gasteiger partial charge in [-0.1, -0.05) is 55.8 Å². The summed E-state index contributed by atoms with van der Waals surface area (Å²) in [7, 11) is 0. The van der Waals surface area contributed by atoms with Crippen LogP contribution in [-0.2, 0) is 11.2 Å². The summed E-state index contributed by atoms with van der Waals surface area (Å²) in [6.07, 6.45) is 5.03. The lowest BCUT2D eigenvalue weighted by Crippen LogP contribution is -2.44. The van der Waals surface area contributed by atoms with Crippen molar-refractivity contribution in [1.82, 2.24) is 14.8 Å². The Kier molecular flexibility index (Phi) is 8.79. The zero-order valence-corrected chi connectivity index (χ0v) is 24.0. The van der Waals surface area contributed by atoms with Gasteiger partial charge in [0.05, 0.1) is 5.01 Å². The van der Waals surface area contributed by atoms with E-state index in [1.807, 2.05) is 32.2 Å². The molecule has 2 aromatic carbocycles. The van der Waals surface area contributed by atoms with Crippen LogP contribution in [0.4, 0.5) is 4.39 Å². The van der Waals surface area contributed by atoms with Gasteiger partial charge in [0.1, 0.15) is 11.9 Å². The van der Waals surface area contributed by atoms with Crippen molar-refractivity contribution in [3.63, 3.8) is 0 Å². The molecule has 1 aromatic heterocycles. The SMILES string of the molecule is Cc1cccc([C@H]2CN([C@@H](C(=O)O)C(C)C)C[C@@H]2CN2CCC(c3cnc(Cc4ccc(F)cc4)s3)CC2)c1. The topological polar surface area (TPSA) is 56.7 Å². The standard InChI is InChI=1S/C32H40FN3O2S/c1-21(2)31(32(37)38)36-19-26(28(20-36)25-6-4-5-22(3)15-25)18-35-13-11-24(12-14-35)29-17-34-30(39-29)16-23-7-9-27(33)10-8-23/h4-10,15,17,21,24,26,28,31H,11-14,16,18-20H2,1-3H3,(H,37,38)/t26-,28+,31+/m0/s1. The van der Waals surface area contributed by atoms with E-state index in [1.165, 1.54) is 28.1 Å². The van der Waals surface area contributed by atoms with Gasteiger partial charge in [-0.25, -0.2) is 9.37 Å². The van der Waals surface area contributed by atoms with E-state index in [2.05, 4.69) is 46.0 Å². The summed E-state index contributed by atoms with van der Waals surface area (Å²) in [5.41, 5.74) is 3.68. The second-order valence-electron chi connectivity index (χ2n) is 11.8. The van der Waals surface area contributed by atoms with E-state index in [0.29, 0.717) is 17.8 Å². The van der Waals surface area contributed by atoms with Gasteiger partial charge >= 0.3 is 5.97 Å².